The average molecular weight is 390 g/mol. The molecule has 0 saturated heterocycles. The zero-order valence-corrected chi connectivity index (χ0v) is 16.4. The third-order valence-corrected chi connectivity index (χ3v) is 5.10. The molecule has 1 aliphatic rings. The van der Waals surface area contributed by atoms with E-state index in [9.17, 15) is 9.59 Å². The molecule has 3 aromatic rings. The van der Waals surface area contributed by atoms with Crippen LogP contribution in [0.5, 0.6) is 0 Å². The molecule has 1 aliphatic carbocycles. The molecule has 2 heterocycles. The van der Waals surface area contributed by atoms with Crippen molar-refractivity contribution in [2.45, 2.75) is 19.8 Å². The van der Waals surface area contributed by atoms with E-state index in [1.54, 1.807) is 6.26 Å². The maximum Gasteiger partial charge on any atom is 0.339 e. The van der Waals surface area contributed by atoms with Gasteiger partial charge in [0.1, 0.15) is 5.76 Å². The highest BCUT2D eigenvalue weighted by Crippen LogP contribution is 2.38. The largest absolute Gasteiger partial charge is 0.465 e. The van der Waals surface area contributed by atoms with E-state index in [0.29, 0.717) is 17.9 Å². The molecular weight excluding hydrogens is 368 g/mol. The first-order valence-electron chi connectivity index (χ1n) is 9.60. The standard InChI is InChI=1S/C23H22N2O4/c1-14-10-15(12-16-6-5-9-28-16)22-18(11-14)21(23(27)29-13-20(26)24-2)17-7-3-4-8-19(17)25-22/h3-9,12,14H,10-11,13H2,1-2H3,(H,24,26)/t14-/m0/s1. The van der Waals surface area contributed by atoms with Gasteiger partial charge in [0.15, 0.2) is 6.61 Å². The molecule has 148 valence electrons. The SMILES string of the molecule is CNC(=O)COC(=O)c1c2c(nc3ccccc13)C(=Cc1ccco1)C[C@H](C)C2. The normalized spacial score (nSPS) is 17.2. The smallest absolute Gasteiger partial charge is 0.339 e. The van der Waals surface area contributed by atoms with E-state index in [-0.39, 0.29) is 12.5 Å². The van der Waals surface area contributed by atoms with Crippen LogP contribution in [0.3, 0.4) is 0 Å². The van der Waals surface area contributed by atoms with Crippen molar-refractivity contribution in [3.8, 4) is 0 Å². The van der Waals surface area contributed by atoms with Gasteiger partial charge in [0.25, 0.3) is 5.91 Å². The maximum absolute atomic E-state index is 13.0. The number of nitrogens with zero attached hydrogens (tertiary/aromatic N) is 1. The summed E-state index contributed by atoms with van der Waals surface area (Å²) in [6.07, 6.45) is 5.17. The third kappa shape index (κ3) is 3.78. The number of fused-ring (bicyclic) bond motifs is 2. The first-order valence-corrected chi connectivity index (χ1v) is 9.60. The Kier molecular flexibility index (Phi) is 5.16. The Morgan fingerprint density at radius 3 is 2.83 bits per heavy atom. The lowest BCUT2D eigenvalue weighted by molar-refractivity contribution is -0.123. The van der Waals surface area contributed by atoms with Crippen LogP contribution in [-0.2, 0) is 16.0 Å². The highest BCUT2D eigenvalue weighted by Gasteiger charge is 2.29. The highest BCUT2D eigenvalue weighted by molar-refractivity contribution is 6.07. The number of allylic oxidation sites excluding steroid dienone is 1. The number of furan rings is 1. The van der Waals surface area contributed by atoms with Crippen LogP contribution >= 0.6 is 0 Å². The summed E-state index contributed by atoms with van der Waals surface area (Å²) in [6.45, 7) is 1.83. The number of ether oxygens (including phenoxy) is 1. The molecule has 0 unspecified atom stereocenters. The van der Waals surface area contributed by atoms with Crippen molar-refractivity contribution in [2.24, 2.45) is 5.92 Å². The summed E-state index contributed by atoms with van der Waals surface area (Å²) in [6, 6.07) is 11.3. The minimum atomic E-state index is -0.505. The maximum atomic E-state index is 13.0. The van der Waals surface area contributed by atoms with E-state index in [2.05, 4.69) is 12.2 Å². The molecule has 6 nitrogen and oxygen atoms in total. The van der Waals surface area contributed by atoms with Crippen molar-refractivity contribution < 1.29 is 18.7 Å². The van der Waals surface area contributed by atoms with Gasteiger partial charge in [-0.1, -0.05) is 25.1 Å². The predicted molar refractivity (Wildman–Crippen MR) is 110 cm³/mol. The minimum Gasteiger partial charge on any atom is -0.465 e. The lowest BCUT2D eigenvalue weighted by Gasteiger charge is -2.26. The monoisotopic (exact) mass is 390 g/mol. The van der Waals surface area contributed by atoms with Gasteiger partial charge in [-0.15, -0.1) is 0 Å². The van der Waals surface area contributed by atoms with Crippen LogP contribution in [0.1, 0.15) is 40.7 Å². The topological polar surface area (TPSA) is 81.4 Å². The molecular formula is C23H22N2O4. The number of rotatable bonds is 4. The summed E-state index contributed by atoms with van der Waals surface area (Å²) >= 11 is 0. The van der Waals surface area contributed by atoms with Crippen LogP contribution in [-0.4, -0.2) is 30.5 Å². The van der Waals surface area contributed by atoms with Crippen LogP contribution in [0, 0.1) is 5.92 Å². The molecule has 1 amide bonds. The summed E-state index contributed by atoms with van der Waals surface area (Å²) < 4.78 is 10.8. The van der Waals surface area contributed by atoms with Crippen molar-refractivity contribution in [1.82, 2.24) is 10.3 Å². The molecule has 0 radical (unpaired) electrons. The molecule has 0 saturated carbocycles. The van der Waals surface area contributed by atoms with Crippen LogP contribution in [0.15, 0.2) is 47.1 Å². The first-order chi connectivity index (χ1) is 14.1. The number of hydrogen-bond acceptors (Lipinski definition) is 5. The molecule has 0 bridgehead atoms. The van der Waals surface area contributed by atoms with Crippen LogP contribution in [0.2, 0.25) is 0 Å². The Balaban J connectivity index is 1.87. The summed E-state index contributed by atoms with van der Waals surface area (Å²) in [4.78, 5) is 29.4. The Labute approximate surface area is 168 Å². The molecule has 6 heteroatoms. The molecule has 29 heavy (non-hydrogen) atoms. The van der Waals surface area contributed by atoms with Gasteiger partial charge >= 0.3 is 5.97 Å². The lowest BCUT2D eigenvalue weighted by Crippen LogP contribution is -2.26. The van der Waals surface area contributed by atoms with Crippen molar-refractivity contribution >= 4 is 34.4 Å². The fraction of sp³-hybridized carbons (Fsp3) is 0.261. The van der Waals surface area contributed by atoms with Gasteiger partial charge < -0.3 is 14.5 Å². The number of likely N-dealkylation sites (N-methyl/N-ethyl adjacent to an activating group) is 1. The predicted octanol–water partition coefficient (Wildman–Crippen LogP) is 3.85. The van der Waals surface area contributed by atoms with E-state index in [4.69, 9.17) is 14.1 Å². The van der Waals surface area contributed by atoms with Gasteiger partial charge in [-0.2, -0.15) is 0 Å². The molecule has 0 fully saturated rings. The molecule has 4 rings (SSSR count). The van der Waals surface area contributed by atoms with Crippen LogP contribution < -0.4 is 5.32 Å². The number of aromatic nitrogens is 1. The number of nitrogens with one attached hydrogen (secondary N) is 1. The average Bonchev–Trinajstić information content (AvgIpc) is 3.23. The number of carbonyl (C=O) groups excluding carboxylic acids is 2. The van der Waals surface area contributed by atoms with Crippen LogP contribution in [0.4, 0.5) is 0 Å². The Bertz CT molecular complexity index is 1100. The fourth-order valence-electron chi connectivity index (χ4n) is 3.79. The van der Waals surface area contributed by atoms with Crippen molar-refractivity contribution in [3.63, 3.8) is 0 Å². The zero-order valence-electron chi connectivity index (χ0n) is 16.4. The Morgan fingerprint density at radius 2 is 2.07 bits per heavy atom. The summed E-state index contributed by atoms with van der Waals surface area (Å²) in [5, 5.41) is 3.20. The van der Waals surface area contributed by atoms with Crippen molar-refractivity contribution in [1.29, 1.82) is 0 Å². The quantitative estimate of drug-likeness (QED) is 0.684. The van der Waals surface area contributed by atoms with Crippen LogP contribution in [0.25, 0.3) is 22.6 Å². The summed E-state index contributed by atoms with van der Waals surface area (Å²) in [7, 11) is 1.51. The van der Waals surface area contributed by atoms with E-state index in [0.717, 1.165) is 39.9 Å². The van der Waals surface area contributed by atoms with Gasteiger partial charge in [0, 0.05) is 12.4 Å². The second-order valence-electron chi connectivity index (χ2n) is 7.28. The van der Waals surface area contributed by atoms with E-state index < -0.39 is 5.97 Å². The second kappa shape index (κ2) is 7.91. The molecule has 1 aromatic carbocycles. The van der Waals surface area contributed by atoms with Gasteiger partial charge in [0.05, 0.1) is 23.0 Å². The van der Waals surface area contributed by atoms with E-state index in [1.165, 1.54) is 7.05 Å². The molecule has 1 atom stereocenters. The Hall–Kier alpha value is -3.41. The first kappa shape index (κ1) is 18.9. The number of hydrogen-bond donors (Lipinski definition) is 1. The van der Waals surface area contributed by atoms with Gasteiger partial charge in [-0.25, -0.2) is 9.78 Å². The van der Waals surface area contributed by atoms with E-state index in [1.807, 2.05) is 42.5 Å². The Morgan fingerprint density at radius 1 is 1.24 bits per heavy atom. The highest BCUT2D eigenvalue weighted by atomic mass is 16.5. The van der Waals surface area contributed by atoms with Gasteiger partial charge in [-0.05, 0) is 54.2 Å². The third-order valence-electron chi connectivity index (χ3n) is 5.10. The summed E-state index contributed by atoms with van der Waals surface area (Å²) in [5.74, 6) is 0.225. The van der Waals surface area contributed by atoms with Crippen molar-refractivity contribution in [3.05, 3.63) is 65.2 Å². The number of pyridine rings is 1. The second-order valence-corrected chi connectivity index (χ2v) is 7.28. The lowest BCUT2D eigenvalue weighted by atomic mass is 9.81. The van der Waals surface area contributed by atoms with E-state index >= 15 is 0 Å². The molecule has 1 N–H and O–H groups in total. The number of esters is 1. The molecule has 0 spiro atoms. The number of para-hydroxylation sites is 1. The van der Waals surface area contributed by atoms with Crippen molar-refractivity contribution in [2.75, 3.05) is 13.7 Å². The molecule has 2 aromatic heterocycles. The minimum absolute atomic E-state index is 0.314. The number of carbonyl (C=O) groups is 2. The zero-order chi connectivity index (χ0) is 20.4. The summed E-state index contributed by atoms with van der Waals surface area (Å²) in [5.41, 5.74) is 3.90. The molecule has 0 aliphatic heterocycles. The van der Waals surface area contributed by atoms with Gasteiger partial charge in [0.2, 0.25) is 0 Å². The number of benzene rings is 1. The number of amides is 1. The van der Waals surface area contributed by atoms with Gasteiger partial charge in [-0.3, -0.25) is 4.79 Å². The fourth-order valence-corrected chi connectivity index (χ4v) is 3.79.